The lowest BCUT2D eigenvalue weighted by molar-refractivity contribution is 0.0514. The molecule has 0 saturated carbocycles. The Bertz CT molecular complexity index is 1590. The molecule has 2 N–H and O–H groups in total. The van der Waals surface area contributed by atoms with Crippen molar-refractivity contribution in [2.24, 2.45) is 0 Å². The van der Waals surface area contributed by atoms with Crippen molar-refractivity contribution in [1.29, 1.82) is 0 Å². The van der Waals surface area contributed by atoms with Gasteiger partial charge in [-0.05, 0) is 92.3 Å². The third kappa shape index (κ3) is 8.67. The third-order valence-electron chi connectivity index (χ3n) is 9.07. The van der Waals surface area contributed by atoms with Crippen molar-refractivity contribution in [2.45, 2.75) is 98.0 Å². The quantitative estimate of drug-likeness (QED) is 0.100. The Kier molecular flexibility index (Phi) is 11.9. The van der Waals surface area contributed by atoms with E-state index < -0.39 is 8.32 Å². The Morgan fingerprint density at radius 3 is 2.37 bits per heavy atom. The lowest BCUT2D eigenvalue weighted by Crippen LogP contribution is -2.44. The lowest BCUT2D eigenvalue weighted by Gasteiger charge is -2.40. The van der Waals surface area contributed by atoms with Crippen LogP contribution in [-0.4, -0.2) is 43.2 Å². The highest BCUT2D eigenvalue weighted by molar-refractivity contribution is 6.74. The van der Waals surface area contributed by atoms with Gasteiger partial charge in [0.25, 0.3) is 0 Å². The molecule has 1 aromatic heterocycles. The minimum Gasteiger partial charge on any atom is -0.489 e. The maximum atomic E-state index is 12.6. The summed E-state index contributed by atoms with van der Waals surface area (Å²) in [6.45, 7) is 19.4. The minimum absolute atomic E-state index is 0.0438. The number of esters is 1. The normalized spacial score (nSPS) is 13.5. The van der Waals surface area contributed by atoms with Gasteiger partial charge in [-0.15, -0.1) is 0 Å². The van der Waals surface area contributed by atoms with Gasteiger partial charge in [0.1, 0.15) is 18.1 Å². The van der Waals surface area contributed by atoms with E-state index in [4.69, 9.17) is 13.9 Å². The van der Waals surface area contributed by atoms with E-state index in [0.29, 0.717) is 37.7 Å². The number of aliphatic hydroxyl groups is 1. The van der Waals surface area contributed by atoms with Gasteiger partial charge in [0.2, 0.25) is 0 Å². The largest absolute Gasteiger partial charge is 0.489 e. The number of fused-ring (bicyclic) bond motifs is 1. The van der Waals surface area contributed by atoms with Gasteiger partial charge < -0.3 is 28.9 Å². The zero-order valence-corrected chi connectivity index (χ0v) is 29.9. The third-order valence-corrected chi connectivity index (χ3v) is 13.6. The van der Waals surface area contributed by atoms with Crippen LogP contribution in [0.2, 0.25) is 18.1 Å². The predicted octanol–water partition coefficient (Wildman–Crippen LogP) is 8.19. The van der Waals surface area contributed by atoms with Gasteiger partial charge in [-0.3, -0.25) is 0 Å². The molecule has 0 radical (unpaired) electrons. The molecule has 2 atom stereocenters. The van der Waals surface area contributed by atoms with Crippen LogP contribution in [-0.2, 0) is 35.3 Å². The Morgan fingerprint density at radius 2 is 1.72 bits per heavy atom. The van der Waals surface area contributed by atoms with Crippen molar-refractivity contribution in [3.8, 4) is 5.75 Å². The molecular weight excluding hydrogens is 593 g/mol. The van der Waals surface area contributed by atoms with E-state index in [1.54, 1.807) is 0 Å². The molecular formula is C38H52N2O5Si. The highest BCUT2D eigenvalue weighted by atomic mass is 28.4. The Morgan fingerprint density at radius 1 is 0.978 bits per heavy atom. The van der Waals surface area contributed by atoms with E-state index in [9.17, 15) is 9.90 Å². The number of ether oxygens (including phenoxy) is 2. The van der Waals surface area contributed by atoms with E-state index in [1.807, 2.05) is 66.9 Å². The number of hydrogen-bond acceptors (Lipinski definition) is 6. The Labute approximate surface area is 276 Å². The van der Waals surface area contributed by atoms with Crippen LogP contribution < -0.4 is 10.1 Å². The Balaban J connectivity index is 1.51. The summed E-state index contributed by atoms with van der Waals surface area (Å²) < 4.78 is 20.4. The van der Waals surface area contributed by atoms with Crippen LogP contribution in [0.15, 0.2) is 72.8 Å². The highest BCUT2D eigenvalue weighted by Gasteiger charge is 2.39. The topological polar surface area (TPSA) is 82.0 Å². The summed E-state index contributed by atoms with van der Waals surface area (Å²) in [5.74, 6) is 0.394. The number of aromatic nitrogens is 1. The molecule has 4 aromatic rings. The molecule has 7 nitrogen and oxygen atoms in total. The van der Waals surface area contributed by atoms with E-state index in [1.165, 1.54) is 5.56 Å². The highest BCUT2D eigenvalue weighted by Crippen LogP contribution is 2.40. The van der Waals surface area contributed by atoms with Gasteiger partial charge in [-0.25, -0.2) is 4.79 Å². The first-order valence-corrected chi connectivity index (χ1v) is 19.4. The second-order valence-corrected chi connectivity index (χ2v) is 18.3. The molecule has 0 aliphatic heterocycles. The van der Waals surface area contributed by atoms with Crippen LogP contribution in [0.3, 0.4) is 0 Å². The van der Waals surface area contributed by atoms with Gasteiger partial charge in [-0.2, -0.15) is 0 Å². The summed E-state index contributed by atoms with van der Waals surface area (Å²) in [5.41, 5.74) is 5.67. The second kappa shape index (κ2) is 15.4. The van der Waals surface area contributed by atoms with Gasteiger partial charge >= 0.3 is 5.97 Å². The molecule has 0 spiro atoms. The molecule has 1 heterocycles. The molecule has 0 aliphatic carbocycles. The number of rotatable bonds is 15. The molecule has 0 bridgehead atoms. The van der Waals surface area contributed by atoms with Crippen LogP contribution in [0.4, 0.5) is 0 Å². The average Bonchev–Trinajstić information content (AvgIpc) is 3.40. The van der Waals surface area contributed by atoms with Crippen molar-refractivity contribution in [1.82, 2.24) is 9.88 Å². The molecule has 46 heavy (non-hydrogen) atoms. The average molecular weight is 645 g/mol. The van der Waals surface area contributed by atoms with Crippen LogP contribution >= 0.6 is 0 Å². The minimum atomic E-state index is -2.12. The van der Waals surface area contributed by atoms with Crippen molar-refractivity contribution in [2.75, 3.05) is 13.2 Å². The second-order valence-electron chi connectivity index (χ2n) is 13.6. The number of nitrogens with zero attached hydrogens (tertiary/aromatic N) is 1. The summed E-state index contributed by atoms with van der Waals surface area (Å²) in [6.07, 6.45) is 0.633. The van der Waals surface area contributed by atoms with Gasteiger partial charge in [0, 0.05) is 35.6 Å². The van der Waals surface area contributed by atoms with E-state index in [2.05, 4.69) is 70.4 Å². The summed E-state index contributed by atoms with van der Waals surface area (Å²) in [7, 11) is -2.12. The fourth-order valence-corrected chi connectivity index (χ4v) is 6.74. The molecule has 0 saturated heterocycles. The summed E-state index contributed by atoms with van der Waals surface area (Å²) in [4.78, 5) is 12.6. The van der Waals surface area contributed by atoms with Crippen molar-refractivity contribution >= 4 is 25.2 Å². The van der Waals surface area contributed by atoms with Gasteiger partial charge in [0.15, 0.2) is 8.32 Å². The predicted molar refractivity (Wildman–Crippen MR) is 189 cm³/mol. The molecule has 4 rings (SSSR count). The van der Waals surface area contributed by atoms with Crippen LogP contribution in [0.25, 0.3) is 10.9 Å². The van der Waals surface area contributed by atoms with E-state index in [-0.39, 0.29) is 29.8 Å². The first kappa shape index (κ1) is 35.4. The van der Waals surface area contributed by atoms with Crippen molar-refractivity contribution in [3.63, 3.8) is 0 Å². The number of nitrogens with one attached hydrogen (secondary N) is 1. The number of carbonyl (C=O) groups excluding carboxylic acids is 1. The lowest BCUT2D eigenvalue weighted by atomic mass is 10.0. The number of benzene rings is 3. The molecule has 248 valence electrons. The van der Waals surface area contributed by atoms with Crippen LogP contribution in [0.1, 0.15) is 80.4 Å². The number of carbonyl (C=O) groups is 1. The fourth-order valence-electron chi connectivity index (χ4n) is 5.46. The first-order chi connectivity index (χ1) is 21.9. The number of aliphatic hydroxyl groups excluding tert-OH is 1. The molecule has 8 heteroatoms. The van der Waals surface area contributed by atoms with Crippen LogP contribution in [0.5, 0.6) is 5.75 Å². The summed E-state index contributed by atoms with van der Waals surface area (Å²) >= 11 is 0. The summed E-state index contributed by atoms with van der Waals surface area (Å²) in [6, 6.07) is 24.6. The molecule has 0 amide bonds. The Hall–Kier alpha value is -3.43. The molecule has 0 fully saturated rings. The molecule has 0 unspecified atom stereocenters. The number of hydrogen-bond donors (Lipinski definition) is 2. The SMILES string of the molecule is CCOC(=O)c1cc2cc(C[C@@H](C)NC[C@@H](O[Si](C)(C)C(C)(C)C)c3ccc(OCc4ccccc4)c(CO)c3)ccc2n1CC. The fraction of sp³-hybridized carbons (Fsp3) is 0.447. The molecule has 3 aromatic carbocycles. The van der Waals surface area contributed by atoms with Crippen LogP contribution in [0, 0.1) is 0 Å². The van der Waals surface area contributed by atoms with Gasteiger partial charge in [0.05, 0.1) is 19.3 Å². The van der Waals surface area contributed by atoms with Gasteiger partial charge in [-0.1, -0.05) is 63.2 Å². The van der Waals surface area contributed by atoms with Crippen molar-refractivity contribution in [3.05, 3.63) is 101 Å². The maximum absolute atomic E-state index is 12.6. The monoisotopic (exact) mass is 644 g/mol. The standard InChI is InChI=1S/C38H52N2O5Si/c1-9-40-33-18-16-29(21-31(33)23-34(40)37(42)43-10-2)20-27(3)39-24-36(45-46(7,8)38(4,5)6)30-17-19-35(32(22-30)25-41)44-26-28-14-12-11-13-15-28/h11-19,21-23,27,36,39,41H,9-10,20,24-26H2,1-8H3/t27-,36-/m1/s1. The smallest absolute Gasteiger partial charge is 0.354 e. The zero-order chi connectivity index (χ0) is 33.5. The number of aryl methyl sites for hydroxylation is 1. The maximum Gasteiger partial charge on any atom is 0.354 e. The summed E-state index contributed by atoms with van der Waals surface area (Å²) in [5, 5.41) is 15.1. The van der Waals surface area contributed by atoms with Crippen molar-refractivity contribution < 1.29 is 23.8 Å². The zero-order valence-electron chi connectivity index (χ0n) is 28.9. The van der Waals surface area contributed by atoms with E-state index in [0.717, 1.165) is 34.0 Å². The van der Waals surface area contributed by atoms with E-state index >= 15 is 0 Å². The first-order valence-electron chi connectivity index (χ1n) is 16.5. The molecule has 0 aliphatic rings.